The minimum atomic E-state index is -0.181. The Morgan fingerprint density at radius 3 is 1.88 bits per heavy atom. The first-order valence-electron chi connectivity index (χ1n) is 15.3. The second-order valence-electron chi connectivity index (χ2n) is 12.2. The highest BCUT2D eigenvalue weighted by Crippen LogP contribution is 2.61. The van der Waals surface area contributed by atoms with Crippen LogP contribution in [0.25, 0.3) is 0 Å². The van der Waals surface area contributed by atoms with Crippen LogP contribution in [0.3, 0.4) is 0 Å². The van der Waals surface area contributed by atoms with E-state index in [1.165, 1.54) is 128 Å². The van der Waals surface area contributed by atoms with Crippen molar-refractivity contribution in [3.8, 4) is 0 Å². The lowest BCUT2D eigenvalue weighted by Crippen LogP contribution is -2.52. The lowest BCUT2D eigenvalue weighted by Gasteiger charge is -2.55. The second kappa shape index (κ2) is 14.1. The SMILES string of the molecule is CCCCCCOC(=O)C1([C@]2(CCCCCC)CC[C@H](C3CCCCC3)CC2)CCCCC1. The lowest BCUT2D eigenvalue weighted by atomic mass is 9.49. The summed E-state index contributed by atoms with van der Waals surface area (Å²) in [5, 5.41) is 0. The maximum absolute atomic E-state index is 13.9. The standard InChI is InChI=1S/C31H56O2/c1-3-5-7-13-21-30(24-19-28(20-25-30)27-17-11-9-12-18-27)31(22-14-10-15-23-31)29(32)33-26-16-8-6-4-2/h27-28H,3-26H2,1-2H3/t28-,30+. The molecule has 0 aromatic rings. The Bertz CT molecular complexity index is 533. The van der Waals surface area contributed by atoms with E-state index in [-0.39, 0.29) is 16.8 Å². The summed E-state index contributed by atoms with van der Waals surface area (Å²) < 4.78 is 6.14. The first-order chi connectivity index (χ1) is 16.2. The normalized spacial score (nSPS) is 28.5. The van der Waals surface area contributed by atoms with E-state index in [1.807, 2.05) is 0 Å². The number of esters is 1. The van der Waals surface area contributed by atoms with E-state index in [0.29, 0.717) is 6.61 Å². The molecule has 33 heavy (non-hydrogen) atoms. The van der Waals surface area contributed by atoms with Gasteiger partial charge in [0.1, 0.15) is 0 Å². The minimum absolute atomic E-state index is 0.181. The van der Waals surface area contributed by atoms with Gasteiger partial charge in [-0.25, -0.2) is 0 Å². The van der Waals surface area contributed by atoms with Gasteiger partial charge in [-0.05, 0) is 68.6 Å². The molecule has 3 fully saturated rings. The van der Waals surface area contributed by atoms with Gasteiger partial charge in [0.2, 0.25) is 0 Å². The van der Waals surface area contributed by atoms with Crippen molar-refractivity contribution in [3.05, 3.63) is 0 Å². The van der Waals surface area contributed by atoms with E-state index in [1.54, 1.807) is 0 Å². The summed E-state index contributed by atoms with van der Waals surface area (Å²) in [7, 11) is 0. The van der Waals surface area contributed by atoms with E-state index >= 15 is 0 Å². The molecular formula is C31H56O2. The minimum Gasteiger partial charge on any atom is -0.465 e. The highest BCUT2D eigenvalue weighted by atomic mass is 16.5. The molecule has 0 aliphatic heterocycles. The third kappa shape index (κ3) is 7.00. The first kappa shape index (κ1) is 27.1. The Balaban J connectivity index is 1.72. The van der Waals surface area contributed by atoms with Crippen LogP contribution in [0.2, 0.25) is 0 Å². The van der Waals surface area contributed by atoms with Crippen LogP contribution in [0.4, 0.5) is 0 Å². The molecule has 0 bridgehead atoms. The van der Waals surface area contributed by atoms with Gasteiger partial charge in [-0.3, -0.25) is 4.79 Å². The molecular weight excluding hydrogens is 404 g/mol. The summed E-state index contributed by atoms with van der Waals surface area (Å²) in [4.78, 5) is 13.9. The number of hydrogen-bond donors (Lipinski definition) is 0. The van der Waals surface area contributed by atoms with Crippen LogP contribution < -0.4 is 0 Å². The molecule has 2 nitrogen and oxygen atoms in total. The van der Waals surface area contributed by atoms with Gasteiger partial charge >= 0.3 is 5.97 Å². The van der Waals surface area contributed by atoms with Gasteiger partial charge in [0.25, 0.3) is 0 Å². The van der Waals surface area contributed by atoms with Crippen molar-refractivity contribution in [2.24, 2.45) is 22.7 Å². The quantitative estimate of drug-likeness (QED) is 0.202. The van der Waals surface area contributed by atoms with Crippen molar-refractivity contribution >= 4 is 5.97 Å². The van der Waals surface area contributed by atoms with Crippen molar-refractivity contribution in [1.82, 2.24) is 0 Å². The Morgan fingerprint density at radius 2 is 1.24 bits per heavy atom. The predicted octanol–water partition coefficient (Wildman–Crippen LogP) is 9.79. The maximum atomic E-state index is 13.9. The highest BCUT2D eigenvalue weighted by Gasteiger charge is 2.57. The number of hydrogen-bond acceptors (Lipinski definition) is 2. The highest BCUT2D eigenvalue weighted by molar-refractivity contribution is 5.78. The molecule has 0 N–H and O–H groups in total. The van der Waals surface area contributed by atoms with E-state index in [9.17, 15) is 4.79 Å². The number of unbranched alkanes of at least 4 members (excludes halogenated alkanes) is 6. The summed E-state index contributed by atoms with van der Waals surface area (Å²) in [6.45, 7) is 5.20. The van der Waals surface area contributed by atoms with Crippen molar-refractivity contribution in [3.63, 3.8) is 0 Å². The molecule has 0 spiro atoms. The third-order valence-electron chi connectivity index (χ3n) is 10.2. The lowest BCUT2D eigenvalue weighted by molar-refractivity contribution is -0.175. The Morgan fingerprint density at radius 1 is 0.667 bits per heavy atom. The molecule has 0 unspecified atom stereocenters. The Hall–Kier alpha value is -0.530. The van der Waals surface area contributed by atoms with E-state index in [4.69, 9.17) is 4.74 Å². The fourth-order valence-electron chi connectivity index (χ4n) is 8.07. The average molecular weight is 461 g/mol. The number of ether oxygens (including phenoxy) is 1. The Kier molecular flexibility index (Phi) is 11.6. The number of carbonyl (C=O) groups is 1. The molecule has 2 heteroatoms. The topological polar surface area (TPSA) is 26.3 Å². The zero-order chi connectivity index (χ0) is 23.4. The molecule has 0 saturated heterocycles. The summed E-state index contributed by atoms with van der Waals surface area (Å²) in [6.07, 6.45) is 29.9. The van der Waals surface area contributed by atoms with Gasteiger partial charge in [0.05, 0.1) is 12.0 Å². The van der Waals surface area contributed by atoms with Crippen LogP contribution in [0.15, 0.2) is 0 Å². The summed E-state index contributed by atoms with van der Waals surface area (Å²) in [6, 6.07) is 0. The molecule has 3 rings (SSSR count). The van der Waals surface area contributed by atoms with Gasteiger partial charge < -0.3 is 4.74 Å². The zero-order valence-electron chi connectivity index (χ0n) is 22.4. The molecule has 192 valence electrons. The second-order valence-corrected chi connectivity index (χ2v) is 12.2. The monoisotopic (exact) mass is 460 g/mol. The van der Waals surface area contributed by atoms with Gasteiger partial charge in [0, 0.05) is 0 Å². The maximum Gasteiger partial charge on any atom is 0.312 e. The van der Waals surface area contributed by atoms with Crippen molar-refractivity contribution in [2.75, 3.05) is 6.61 Å². The molecule has 3 saturated carbocycles. The average Bonchev–Trinajstić information content (AvgIpc) is 2.87. The van der Waals surface area contributed by atoms with Crippen LogP contribution in [-0.4, -0.2) is 12.6 Å². The van der Waals surface area contributed by atoms with Crippen molar-refractivity contribution < 1.29 is 9.53 Å². The molecule has 0 radical (unpaired) electrons. The first-order valence-corrected chi connectivity index (χ1v) is 15.3. The van der Waals surface area contributed by atoms with Crippen LogP contribution in [0.5, 0.6) is 0 Å². The van der Waals surface area contributed by atoms with Crippen LogP contribution in [0.1, 0.15) is 162 Å². The van der Waals surface area contributed by atoms with Crippen molar-refractivity contribution in [1.29, 1.82) is 0 Å². The van der Waals surface area contributed by atoms with E-state index in [0.717, 1.165) is 31.1 Å². The molecule has 3 aliphatic carbocycles. The molecule has 3 aliphatic rings. The molecule has 0 aromatic carbocycles. The molecule has 0 aromatic heterocycles. The summed E-state index contributed by atoms with van der Waals surface area (Å²) in [5.41, 5.74) is 0.0343. The van der Waals surface area contributed by atoms with Gasteiger partial charge in [0.15, 0.2) is 0 Å². The summed E-state index contributed by atoms with van der Waals surface area (Å²) >= 11 is 0. The number of carbonyl (C=O) groups excluding carboxylic acids is 1. The number of rotatable bonds is 13. The predicted molar refractivity (Wildman–Crippen MR) is 140 cm³/mol. The summed E-state index contributed by atoms with van der Waals surface area (Å²) in [5.74, 6) is 2.12. The van der Waals surface area contributed by atoms with Crippen LogP contribution in [-0.2, 0) is 9.53 Å². The van der Waals surface area contributed by atoms with Gasteiger partial charge in [-0.1, -0.05) is 110 Å². The van der Waals surface area contributed by atoms with Gasteiger partial charge in [-0.2, -0.15) is 0 Å². The van der Waals surface area contributed by atoms with Gasteiger partial charge in [-0.15, -0.1) is 0 Å². The molecule has 0 heterocycles. The van der Waals surface area contributed by atoms with E-state index < -0.39 is 0 Å². The Labute approximate surface area is 206 Å². The molecule has 0 atom stereocenters. The van der Waals surface area contributed by atoms with Crippen molar-refractivity contribution in [2.45, 2.75) is 162 Å². The largest absolute Gasteiger partial charge is 0.465 e. The smallest absolute Gasteiger partial charge is 0.312 e. The third-order valence-corrected chi connectivity index (χ3v) is 10.2. The zero-order valence-corrected chi connectivity index (χ0v) is 22.4. The molecule has 0 amide bonds. The van der Waals surface area contributed by atoms with Crippen LogP contribution in [0, 0.1) is 22.7 Å². The van der Waals surface area contributed by atoms with Crippen LogP contribution >= 0.6 is 0 Å². The fraction of sp³-hybridized carbons (Fsp3) is 0.968. The fourth-order valence-corrected chi connectivity index (χ4v) is 8.07. The van der Waals surface area contributed by atoms with E-state index in [2.05, 4.69) is 13.8 Å².